The van der Waals surface area contributed by atoms with Crippen LogP contribution < -0.4 is 0 Å². The Morgan fingerprint density at radius 1 is 1.67 bits per heavy atom. The molecule has 1 aromatic rings. The summed E-state index contributed by atoms with van der Waals surface area (Å²) in [6.07, 6.45) is 2.16. The Balaban J connectivity index is 2.75. The number of nitrogens with zero attached hydrogens (tertiary/aromatic N) is 4. The third-order valence-corrected chi connectivity index (χ3v) is 2.01. The second-order valence-corrected chi connectivity index (χ2v) is 3.16. The number of hydrogen-bond donors (Lipinski definition) is 0. The van der Waals surface area contributed by atoms with E-state index in [4.69, 9.17) is 17.1 Å². The van der Waals surface area contributed by atoms with Crippen molar-refractivity contribution in [1.82, 2.24) is 4.98 Å². The fraction of sp³-hybridized carbons (Fsp3) is 0.300. The fourth-order valence-corrected chi connectivity index (χ4v) is 1.23. The first-order valence-electron chi connectivity index (χ1n) is 4.36. The molecular weight excluding hydrogens is 212 g/mol. The maximum Gasteiger partial charge on any atom is 0.144 e. The third-order valence-electron chi connectivity index (χ3n) is 1.73. The van der Waals surface area contributed by atoms with Crippen molar-refractivity contribution in [2.45, 2.75) is 13.3 Å². The van der Waals surface area contributed by atoms with Gasteiger partial charge in [0.25, 0.3) is 0 Å². The zero-order chi connectivity index (χ0) is 11.1. The van der Waals surface area contributed by atoms with Crippen molar-refractivity contribution in [3.8, 4) is 11.8 Å². The van der Waals surface area contributed by atoms with Crippen molar-refractivity contribution in [3.05, 3.63) is 39.0 Å². The summed E-state index contributed by atoms with van der Waals surface area (Å²) < 4.78 is 0. The molecule has 0 fully saturated rings. The van der Waals surface area contributed by atoms with Crippen molar-refractivity contribution in [2.24, 2.45) is 5.11 Å². The average Bonchev–Trinajstić information content (AvgIpc) is 2.21. The minimum atomic E-state index is 0.375. The average molecular weight is 221 g/mol. The molecular formula is C10H9ClN4. The summed E-state index contributed by atoms with van der Waals surface area (Å²) in [5.74, 6) is 5.79. The second-order valence-electron chi connectivity index (χ2n) is 2.80. The van der Waals surface area contributed by atoms with Gasteiger partial charge in [-0.05, 0) is 24.1 Å². The topological polar surface area (TPSA) is 61.7 Å². The zero-order valence-electron chi connectivity index (χ0n) is 8.24. The van der Waals surface area contributed by atoms with Crippen LogP contribution in [0, 0.1) is 18.8 Å². The Morgan fingerprint density at radius 3 is 3.13 bits per heavy atom. The van der Waals surface area contributed by atoms with Gasteiger partial charge in [0.15, 0.2) is 0 Å². The van der Waals surface area contributed by atoms with Gasteiger partial charge in [-0.15, -0.1) is 0 Å². The van der Waals surface area contributed by atoms with Gasteiger partial charge in [-0.25, -0.2) is 4.98 Å². The predicted molar refractivity (Wildman–Crippen MR) is 59.5 cm³/mol. The summed E-state index contributed by atoms with van der Waals surface area (Å²) in [5.41, 5.74) is 9.78. The highest BCUT2D eigenvalue weighted by atomic mass is 35.5. The molecule has 5 heteroatoms. The SMILES string of the molecule is Cc1ccnc(Cl)c1C#CCCN=[N+]=[N-]. The van der Waals surface area contributed by atoms with Crippen molar-refractivity contribution in [1.29, 1.82) is 0 Å². The normalized spacial score (nSPS) is 8.67. The van der Waals surface area contributed by atoms with Crippen molar-refractivity contribution >= 4 is 11.6 Å². The summed E-state index contributed by atoms with van der Waals surface area (Å²) in [4.78, 5) is 6.57. The van der Waals surface area contributed by atoms with Crippen molar-refractivity contribution < 1.29 is 0 Å². The summed E-state index contributed by atoms with van der Waals surface area (Å²) in [7, 11) is 0. The summed E-state index contributed by atoms with van der Waals surface area (Å²) in [6, 6.07) is 1.85. The first-order valence-corrected chi connectivity index (χ1v) is 4.74. The number of azide groups is 1. The highest BCUT2D eigenvalue weighted by Gasteiger charge is 2.00. The monoisotopic (exact) mass is 220 g/mol. The van der Waals surface area contributed by atoms with Gasteiger partial charge in [0.05, 0.1) is 5.56 Å². The lowest BCUT2D eigenvalue weighted by molar-refractivity contribution is 1.01. The molecule has 4 nitrogen and oxygen atoms in total. The van der Waals surface area contributed by atoms with Gasteiger partial charge in [-0.3, -0.25) is 0 Å². The second kappa shape index (κ2) is 5.92. The molecule has 0 atom stereocenters. The Labute approximate surface area is 92.9 Å². The molecule has 0 saturated carbocycles. The van der Waals surface area contributed by atoms with E-state index >= 15 is 0 Å². The van der Waals surface area contributed by atoms with Gasteiger partial charge < -0.3 is 0 Å². The molecule has 0 amide bonds. The van der Waals surface area contributed by atoms with Crippen LogP contribution >= 0.6 is 11.6 Å². The molecule has 0 saturated heterocycles. The number of hydrogen-bond acceptors (Lipinski definition) is 2. The molecule has 0 aliphatic carbocycles. The van der Waals surface area contributed by atoms with Crippen LogP contribution in [0.5, 0.6) is 0 Å². The lowest BCUT2D eigenvalue weighted by atomic mass is 10.1. The maximum absolute atomic E-state index is 8.05. The third kappa shape index (κ3) is 3.51. The summed E-state index contributed by atoms with van der Waals surface area (Å²) >= 11 is 5.87. The molecule has 0 aliphatic heterocycles. The number of rotatable bonds is 2. The quantitative estimate of drug-likeness (QED) is 0.189. The van der Waals surface area contributed by atoms with E-state index in [1.165, 1.54) is 0 Å². The highest BCUT2D eigenvalue weighted by Crippen LogP contribution is 2.14. The largest absolute Gasteiger partial charge is 0.243 e. The lowest BCUT2D eigenvalue weighted by Gasteiger charge is -1.98. The summed E-state index contributed by atoms with van der Waals surface area (Å²) in [6.45, 7) is 2.30. The van der Waals surface area contributed by atoms with Gasteiger partial charge in [-0.1, -0.05) is 28.6 Å². The molecule has 0 aromatic carbocycles. The molecule has 0 bridgehead atoms. The first kappa shape index (κ1) is 11.4. The molecule has 0 spiro atoms. The number of halogens is 1. The van der Waals surface area contributed by atoms with Gasteiger partial charge in [-0.2, -0.15) is 0 Å². The molecule has 0 N–H and O–H groups in total. The van der Waals surface area contributed by atoms with Crippen LogP contribution in [-0.4, -0.2) is 11.5 Å². The predicted octanol–water partition coefficient (Wildman–Crippen LogP) is 3.10. The van der Waals surface area contributed by atoms with Crippen LogP contribution in [0.4, 0.5) is 0 Å². The van der Waals surface area contributed by atoms with Crippen LogP contribution in [0.2, 0.25) is 5.15 Å². The van der Waals surface area contributed by atoms with Crippen LogP contribution in [0.3, 0.4) is 0 Å². The molecule has 0 aliphatic rings. The van der Waals surface area contributed by atoms with E-state index in [0.717, 1.165) is 11.1 Å². The molecule has 0 radical (unpaired) electrons. The maximum atomic E-state index is 8.05. The van der Waals surface area contributed by atoms with Gasteiger partial charge in [0.2, 0.25) is 0 Å². The summed E-state index contributed by atoms with van der Waals surface area (Å²) in [5, 5.41) is 3.79. The Hall–Kier alpha value is -1.69. The van der Waals surface area contributed by atoms with E-state index in [2.05, 4.69) is 26.9 Å². The van der Waals surface area contributed by atoms with Crippen LogP contribution in [0.1, 0.15) is 17.5 Å². The lowest BCUT2D eigenvalue weighted by Crippen LogP contribution is -1.86. The smallest absolute Gasteiger partial charge is 0.144 e. The van der Waals surface area contributed by atoms with E-state index in [1.54, 1.807) is 6.20 Å². The minimum absolute atomic E-state index is 0.375. The van der Waals surface area contributed by atoms with E-state index in [-0.39, 0.29) is 0 Å². The Bertz CT molecular complexity index is 432. The van der Waals surface area contributed by atoms with E-state index in [9.17, 15) is 0 Å². The van der Waals surface area contributed by atoms with E-state index < -0.39 is 0 Å². The molecule has 1 heterocycles. The first-order chi connectivity index (χ1) is 7.25. The van der Waals surface area contributed by atoms with Gasteiger partial charge in [0, 0.05) is 24.1 Å². The molecule has 76 valence electrons. The standard InChI is InChI=1S/C10H9ClN4/c1-8-5-7-13-10(11)9(8)4-2-3-6-14-15-12/h5,7H,3,6H2,1H3. The highest BCUT2D eigenvalue weighted by molar-refractivity contribution is 6.30. The number of pyridine rings is 1. The Kier molecular flexibility index (Phi) is 4.49. The van der Waals surface area contributed by atoms with Crippen LogP contribution in [0.15, 0.2) is 17.4 Å². The zero-order valence-corrected chi connectivity index (χ0v) is 8.99. The van der Waals surface area contributed by atoms with Gasteiger partial charge in [0.1, 0.15) is 5.15 Å². The molecule has 1 rings (SSSR count). The van der Waals surface area contributed by atoms with Crippen LogP contribution in [0.25, 0.3) is 10.4 Å². The number of aryl methyl sites for hydroxylation is 1. The molecule has 15 heavy (non-hydrogen) atoms. The van der Waals surface area contributed by atoms with E-state index in [1.807, 2.05) is 13.0 Å². The van der Waals surface area contributed by atoms with Crippen LogP contribution in [-0.2, 0) is 0 Å². The minimum Gasteiger partial charge on any atom is -0.243 e. The number of aromatic nitrogens is 1. The van der Waals surface area contributed by atoms with E-state index in [0.29, 0.717) is 18.1 Å². The van der Waals surface area contributed by atoms with Crippen molar-refractivity contribution in [2.75, 3.05) is 6.54 Å². The molecule has 0 unspecified atom stereocenters. The van der Waals surface area contributed by atoms with Gasteiger partial charge >= 0.3 is 0 Å². The Morgan fingerprint density at radius 2 is 2.47 bits per heavy atom. The molecule has 1 aromatic heterocycles. The fourth-order valence-electron chi connectivity index (χ4n) is 0.977. The van der Waals surface area contributed by atoms with Crippen molar-refractivity contribution in [3.63, 3.8) is 0 Å².